The minimum Gasteiger partial charge on any atom is -0.308 e. The van der Waals surface area contributed by atoms with Crippen LogP contribution in [0.15, 0.2) is 60.7 Å². The standard InChI is InChI=1S/C19H23NO/c1-2-3-6-15-19(21)20(18-13-9-5-10-14-18)16-17-11-7-4-8-12-17/h4-5,7-14H,2-3,6,15-16H2,1H3. The third-order valence-corrected chi connectivity index (χ3v) is 3.55. The van der Waals surface area contributed by atoms with Gasteiger partial charge in [-0.15, -0.1) is 0 Å². The van der Waals surface area contributed by atoms with Crippen molar-refractivity contribution in [1.29, 1.82) is 0 Å². The maximum atomic E-state index is 12.5. The van der Waals surface area contributed by atoms with Crippen LogP contribution in [0.2, 0.25) is 0 Å². The van der Waals surface area contributed by atoms with Gasteiger partial charge in [0.1, 0.15) is 0 Å². The molecule has 1 amide bonds. The van der Waals surface area contributed by atoms with E-state index in [-0.39, 0.29) is 5.91 Å². The highest BCUT2D eigenvalue weighted by molar-refractivity contribution is 5.93. The Labute approximate surface area is 127 Å². The van der Waals surface area contributed by atoms with Gasteiger partial charge >= 0.3 is 0 Å². The molecule has 2 aromatic carbocycles. The molecule has 2 rings (SSSR count). The smallest absolute Gasteiger partial charge is 0.227 e. The lowest BCUT2D eigenvalue weighted by atomic mass is 10.1. The molecule has 0 radical (unpaired) electrons. The van der Waals surface area contributed by atoms with Gasteiger partial charge in [0, 0.05) is 12.1 Å². The SMILES string of the molecule is CCCCCC(=O)N(Cc1ccccc1)c1ccccc1. The van der Waals surface area contributed by atoms with Crippen LogP contribution in [0.3, 0.4) is 0 Å². The Morgan fingerprint density at radius 3 is 2.14 bits per heavy atom. The summed E-state index contributed by atoms with van der Waals surface area (Å²) in [5.41, 5.74) is 2.13. The number of para-hydroxylation sites is 1. The number of carbonyl (C=O) groups is 1. The molecule has 0 aliphatic carbocycles. The Morgan fingerprint density at radius 1 is 0.905 bits per heavy atom. The van der Waals surface area contributed by atoms with Gasteiger partial charge in [0.25, 0.3) is 0 Å². The molecule has 0 saturated heterocycles. The first-order chi connectivity index (χ1) is 10.3. The van der Waals surface area contributed by atoms with E-state index in [1.807, 2.05) is 53.4 Å². The van der Waals surface area contributed by atoms with E-state index in [2.05, 4.69) is 19.1 Å². The molecule has 2 heteroatoms. The summed E-state index contributed by atoms with van der Waals surface area (Å²) in [6.45, 7) is 2.79. The molecule has 2 nitrogen and oxygen atoms in total. The first kappa shape index (κ1) is 15.3. The zero-order chi connectivity index (χ0) is 14.9. The molecular weight excluding hydrogens is 258 g/mol. The summed E-state index contributed by atoms with van der Waals surface area (Å²) in [6.07, 6.45) is 3.83. The summed E-state index contributed by atoms with van der Waals surface area (Å²) in [6, 6.07) is 20.1. The highest BCUT2D eigenvalue weighted by atomic mass is 16.2. The summed E-state index contributed by atoms with van der Waals surface area (Å²) in [7, 11) is 0. The molecular formula is C19H23NO. The second-order valence-electron chi connectivity index (χ2n) is 5.26. The summed E-state index contributed by atoms with van der Waals surface area (Å²) >= 11 is 0. The third kappa shape index (κ3) is 4.75. The van der Waals surface area contributed by atoms with Crippen molar-refractivity contribution in [3.8, 4) is 0 Å². The van der Waals surface area contributed by atoms with Gasteiger partial charge < -0.3 is 4.90 Å². The second-order valence-corrected chi connectivity index (χ2v) is 5.26. The second kappa shape index (κ2) is 8.25. The van der Waals surface area contributed by atoms with Gasteiger partial charge in [0.2, 0.25) is 5.91 Å². The molecule has 0 aliphatic rings. The van der Waals surface area contributed by atoms with E-state index < -0.39 is 0 Å². The van der Waals surface area contributed by atoms with Crippen LogP contribution in [0.25, 0.3) is 0 Å². The number of anilines is 1. The molecule has 0 unspecified atom stereocenters. The van der Waals surface area contributed by atoms with Crippen molar-refractivity contribution in [3.63, 3.8) is 0 Å². The first-order valence-corrected chi connectivity index (χ1v) is 7.70. The number of unbranched alkanes of at least 4 members (excludes halogenated alkanes) is 2. The Morgan fingerprint density at radius 2 is 1.52 bits per heavy atom. The van der Waals surface area contributed by atoms with E-state index in [0.29, 0.717) is 13.0 Å². The van der Waals surface area contributed by atoms with E-state index in [9.17, 15) is 4.79 Å². The minimum atomic E-state index is 0.207. The van der Waals surface area contributed by atoms with Crippen molar-refractivity contribution in [3.05, 3.63) is 66.2 Å². The fourth-order valence-electron chi connectivity index (χ4n) is 2.36. The first-order valence-electron chi connectivity index (χ1n) is 7.70. The number of benzene rings is 2. The van der Waals surface area contributed by atoms with Gasteiger partial charge in [-0.25, -0.2) is 0 Å². The zero-order valence-electron chi connectivity index (χ0n) is 12.7. The van der Waals surface area contributed by atoms with Crippen LogP contribution < -0.4 is 4.90 Å². The minimum absolute atomic E-state index is 0.207. The largest absolute Gasteiger partial charge is 0.308 e. The van der Waals surface area contributed by atoms with Crippen LogP contribution in [-0.2, 0) is 11.3 Å². The number of hydrogen-bond acceptors (Lipinski definition) is 1. The quantitative estimate of drug-likeness (QED) is 0.667. The Kier molecular flexibility index (Phi) is 6.01. The zero-order valence-corrected chi connectivity index (χ0v) is 12.7. The molecule has 0 fully saturated rings. The maximum absolute atomic E-state index is 12.5. The van der Waals surface area contributed by atoms with E-state index in [4.69, 9.17) is 0 Å². The predicted molar refractivity (Wildman–Crippen MR) is 88.2 cm³/mol. The fraction of sp³-hybridized carbons (Fsp3) is 0.316. The molecule has 0 atom stereocenters. The third-order valence-electron chi connectivity index (χ3n) is 3.55. The fourth-order valence-corrected chi connectivity index (χ4v) is 2.36. The lowest BCUT2D eigenvalue weighted by Crippen LogP contribution is -2.30. The normalized spacial score (nSPS) is 10.3. The van der Waals surface area contributed by atoms with E-state index in [1.165, 1.54) is 0 Å². The van der Waals surface area contributed by atoms with Crippen molar-refractivity contribution >= 4 is 11.6 Å². The topological polar surface area (TPSA) is 20.3 Å². The Bertz CT molecular complexity index is 536. The number of carbonyl (C=O) groups excluding carboxylic acids is 1. The molecule has 21 heavy (non-hydrogen) atoms. The highest BCUT2D eigenvalue weighted by Gasteiger charge is 2.15. The summed E-state index contributed by atoms with van der Waals surface area (Å²) in [4.78, 5) is 14.4. The molecule has 0 spiro atoms. The monoisotopic (exact) mass is 281 g/mol. The van der Waals surface area contributed by atoms with Gasteiger partial charge in [0.15, 0.2) is 0 Å². The molecule has 0 saturated carbocycles. The van der Waals surface area contributed by atoms with Crippen LogP contribution in [0.5, 0.6) is 0 Å². The highest BCUT2D eigenvalue weighted by Crippen LogP contribution is 2.19. The number of rotatable bonds is 7. The van der Waals surface area contributed by atoms with Gasteiger partial charge in [0.05, 0.1) is 6.54 Å². The van der Waals surface area contributed by atoms with Gasteiger partial charge in [-0.1, -0.05) is 68.3 Å². The Balaban J connectivity index is 2.12. The summed E-state index contributed by atoms with van der Waals surface area (Å²) < 4.78 is 0. The average Bonchev–Trinajstić information content (AvgIpc) is 2.54. The van der Waals surface area contributed by atoms with Crippen LogP contribution in [0, 0.1) is 0 Å². The molecule has 0 bridgehead atoms. The van der Waals surface area contributed by atoms with Gasteiger partial charge in [-0.05, 0) is 24.1 Å². The van der Waals surface area contributed by atoms with Crippen molar-refractivity contribution < 1.29 is 4.79 Å². The number of nitrogens with zero attached hydrogens (tertiary/aromatic N) is 1. The van der Waals surface area contributed by atoms with Crippen molar-refractivity contribution in [2.24, 2.45) is 0 Å². The van der Waals surface area contributed by atoms with Gasteiger partial charge in [-0.2, -0.15) is 0 Å². The van der Waals surface area contributed by atoms with Crippen LogP contribution in [0.4, 0.5) is 5.69 Å². The number of hydrogen-bond donors (Lipinski definition) is 0. The van der Waals surface area contributed by atoms with Crippen molar-refractivity contribution in [1.82, 2.24) is 0 Å². The van der Waals surface area contributed by atoms with Crippen LogP contribution in [-0.4, -0.2) is 5.91 Å². The molecule has 0 N–H and O–H groups in total. The molecule has 110 valence electrons. The maximum Gasteiger partial charge on any atom is 0.227 e. The van der Waals surface area contributed by atoms with Crippen LogP contribution >= 0.6 is 0 Å². The molecule has 0 aliphatic heterocycles. The van der Waals surface area contributed by atoms with E-state index >= 15 is 0 Å². The van der Waals surface area contributed by atoms with E-state index in [1.54, 1.807) is 0 Å². The van der Waals surface area contributed by atoms with Crippen LogP contribution in [0.1, 0.15) is 38.2 Å². The predicted octanol–water partition coefficient (Wildman–Crippen LogP) is 4.80. The van der Waals surface area contributed by atoms with Gasteiger partial charge in [-0.3, -0.25) is 4.79 Å². The van der Waals surface area contributed by atoms with Crippen molar-refractivity contribution in [2.75, 3.05) is 4.90 Å². The van der Waals surface area contributed by atoms with Crippen molar-refractivity contribution in [2.45, 2.75) is 39.2 Å². The number of amides is 1. The summed E-state index contributed by atoms with van der Waals surface area (Å²) in [5.74, 6) is 0.207. The molecule has 2 aromatic rings. The summed E-state index contributed by atoms with van der Waals surface area (Å²) in [5, 5.41) is 0. The average molecular weight is 281 g/mol. The molecule has 0 aromatic heterocycles. The lowest BCUT2D eigenvalue weighted by Gasteiger charge is -2.23. The van der Waals surface area contributed by atoms with E-state index in [0.717, 1.165) is 30.5 Å². The lowest BCUT2D eigenvalue weighted by molar-refractivity contribution is -0.118. The Hall–Kier alpha value is -2.09. The molecule has 0 heterocycles.